The third-order valence-electron chi connectivity index (χ3n) is 5.41. The molecule has 2 aromatic carbocycles. The minimum absolute atomic E-state index is 0.337. The van der Waals surface area contributed by atoms with E-state index in [1.807, 2.05) is 50.4 Å². The number of hydrogen-bond acceptors (Lipinski definition) is 6. The monoisotopic (exact) mass is 529 g/mol. The minimum Gasteiger partial charge on any atom is -0.497 e. The largest absolute Gasteiger partial charge is 0.497 e. The van der Waals surface area contributed by atoms with Crippen LogP contribution >= 0.6 is 11.8 Å². The molecule has 0 fully saturated rings. The van der Waals surface area contributed by atoms with E-state index in [1.54, 1.807) is 63.9 Å². The number of methoxy groups -OCH3 is 1. The van der Waals surface area contributed by atoms with Crippen molar-refractivity contribution < 1.29 is 23.9 Å². The van der Waals surface area contributed by atoms with Gasteiger partial charge in [-0.05, 0) is 82.9 Å². The highest BCUT2D eigenvalue weighted by Crippen LogP contribution is 2.27. The number of carbonyl (C=O) groups excluding carboxylic acids is 3. The van der Waals surface area contributed by atoms with Gasteiger partial charge in [0, 0.05) is 11.7 Å². The fraction of sp³-hybridized carbons (Fsp3) is 0.464. The highest BCUT2D eigenvalue weighted by molar-refractivity contribution is 7.98. The molecular weight excluding hydrogens is 490 g/mol. The van der Waals surface area contributed by atoms with Crippen LogP contribution in [-0.4, -0.2) is 59.6 Å². The Morgan fingerprint density at radius 1 is 1.00 bits per heavy atom. The van der Waals surface area contributed by atoms with Gasteiger partial charge in [0.05, 0.1) is 7.11 Å². The maximum absolute atomic E-state index is 14.0. The maximum Gasteiger partial charge on any atom is 0.408 e. The topological polar surface area (TPSA) is 97.0 Å². The molecule has 0 spiro atoms. The first-order valence-electron chi connectivity index (χ1n) is 12.3. The molecule has 9 heteroatoms. The van der Waals surface area contributed by atoms with Gasteiger partial charge in [0.2, 0.25) is 5.91 Å². The molecule has 0 aliphatic heterocycles. The number of benzene rings is 2. The van der Waals surface area contributed by atoms with E-state index in [9.17, 15) is 14.4 Å². The van der Waals surface area contributed by atoms with Crippen LogP contribution in [0.3, 0.4) is 0 Å². The molecule has 0 bridgehead atoms. The van der Waals surface area contributed by atoms with Crippen LogP contribution in [-0.2, 0) is 14.3 Å². The Balaban J connectivity index is 2.43. The second kappa shape index (κ2) is 13.9. The molecule has 2 atom stereocenters. The Hall–Kier alpha value is -3.20. The molecule has 0 saturated carbocycles. The number of rotatable bonds is 11. The van der Waals surface area contributed by atoms with Crippen molar-refractivity contribution in [1.82, 2.24) is 10.2 Å². The van der Waals surface area contributed by atoms with Crippen LogP contribution in [0, 0.1) is 0 Å². The van der Waals surface area contributed by atoms with Crippen molar-refractivity contribution in [2.45, 2.75) is 64.8 Å². The summed E-state index contributed by atoms with van der Waals surface area (Å²) in [4.78, 5) is 41.8. The quantitative estimate of drug-likeness (QED) is 0.412. The molecule has 0 saturated heterocycles. The lowest BCUT2D eigenvalue weighted by atomic mass is 10.0. The zero-order valence-electron chi connectivity index (χ0n) is 22.7. The molecule has 2 aromatic rings. The Bertz CT molecular complexity index is 1020. The molecule has 8 nitrogen and oxygen atoms in total. The summed E-state index contributed by atoms with van der Waals surface area (Å²) in [5.74, 6) is 0.598. The first kappa shape index (κ1) is 30.0. The molecule has 0 aliphatic rings. The third-order valence-corrected chi connectivity index (χ3v) is 6.05. The zero-order valence-corrected chi connectivity index (χ0v) is 23.6. The van der Waals surface area contributed by atoms with Gasteiger partial charge in [-0.1, -0.05) is 30.3 Å². The molecule has 0 aromatic heterocycles. The van der Waals surface area contributed by atoms with Crippen molar-refractivity contribution in [1.29, 1.82) is 0 Å². The second-order valence-corrected chi connectivity index (χ2v) is 10.8. The summed E-state index contributed by atoms with van der Waals surface area (Å²) in [6.07, 6.45) is 1.66. The first-order valence-corrected chi connectivity index (χ1v) is 13.7. The number of alkyl carbamates (subject to hydrolysis) is 1. The van der Waals surface area contributed by atoms with Gasteiger partial charge in [-0.15, -0.1) is 0 Å². The van der Waals surface area contributed by atoms with Gasteiger partial charge >= 0.3 is 6.09 Å². The standard InChI is InChI=1S/C28H39N3O5S/c1-19(2)31(26(33)23(17-18-37-7)30-27(34)36-28(3,4)5)24(20-11-9-8-10-12-20)25(32)29-21-13-15-22(35-6)16-14-21/h8-16,19,23-24H,17-18H2,1-7H3,(H,29,32)(H,30,34). The Morgan fingerprint density at radius 3 is 2.14 bits per heavy atom. The number of ether oxygens (including phenoxy) is 2. The van der Waals surface area contributed by atoms with Crippen LogP contribution in [0.4, 0.5) is 10.5 Å². The lowest BCUT2D eigenvalue weighted by Gasteiger charge is -2.37. The van der Waals surface area contributed by atoms with Gasteiger partial charge in [0.25, 0.3) is 5.91 Å². The fourth-order valence-corrected chi connectivity index (χ4v) is 4.23. The predicted molar refractivity (Wildman–Crippen MR) is 149 cm³/mol. The van der Waals surface area contributed by atoms with Crippen molar-refractivity contribution in [3.05, 3.63) is 60.2 Å². The van der Waals surface area contributed by atoms with Crippen molar-refractivity contribution >= 4 is 35.4 Å². The lowest BCUT2D eigenvalue weighted by molar-refractivity contribution is -0.143. The number of nitrogens with zero attached hydrogens (tertiary/aromatic N) is 1. The van der Waals surface area contributed by atoms with Crippen LogP contribution < -0.4 is 15.4 Å². The van der Waals surface area contributed by atoms with Crippen LogP contribution in [0.15, 0.2) is 54.6 Å². The molecule has 0 heterocycles. The number of hydrogen-bond donors (Lipinski definition) is 2. The molecule has 2 unspecified atom stereocenters. The van der Waals surface area contributed by atoms with E-state index in [4.69, 9.17) is 9.47 Å². The van der Waals surface area contributed by atoms with Crippen molar-refractivity contribution in [3.63, 3.8) is 0 Å². The highest BCUT2D eigenvalue weighted by atomic mass is 32.2. The highest BCUT2D eigenvalue weighted by Gasteiger charge is 2.37. The molecular formula is C28H39N3O5S. The summed E-state index contributed by atoms with van der Waals surface area (Å²) in [7, 11) is 1.57. The molecule has 2 rings (SSSR count). The predicted octanol–water partition coefficient (Wildman–Crippen LogP) is 5.26. The average molecular weight is 530 g/mol. The van der Waals surface area contributed by atoms with Crippen LogP contribution in [0.2, 0.25) is 0 Å². The molecule has 202 valence electrons. The second-order valence-electron chi connectivity index (χ2n) is 9.85. The van der Waals surface area contributed by atoms with Crippen molar-refractivity contribution in [3.8, 4) is 5.75 Å². The number of thioether (sulfide) groups is 1. The molecule has 2 N–H and O–H groups in total. The van der Waals surface area contributed by atoms with Crippen LogP contribution in [0.25, 0.3) is 0 Å². The van der Waals surface area contributed by atoms with E-state index in [1.165, 1.54) is 4.90 Å². The van der Waals surface area contributed by atoms with Gasteiger partial charge in [-0.25, -0.2) is 4.79 Å². The smallest absolute Gasteiger partial charge is 0.408 e. The van der Waals surface area contributed by atoms with E-state index >= 15 is 0 Å². The molecule has 0 radical (unpaired) electrons. The minimum atomic E-state index is -0.923. The van der Waals surface area contributed by atoms with Crippen LogP contribution in [0.1, 0.15) is 52.6 Å². The average Bonchev–Trinajstić information content (AvgIpc) is 2.84. The third kappa shape index (κ3) is 9.31. The molecule has 37 heavy (non-hydrogen) atoms. The summed E-state index contributed by atoms with van der Waals surface area (Å²) in [5.41, 5.74) is 0.532. The SMILES string of the molecule is COc1ccc(NC(=O)C(c2ccccc2)N(C(=O)C(CCSC)NC(=O)OC(C)(C)C)C(C)C)cc1. The zero-order chi connectivity index (χ0) is 27.6. The van der Waals surface area contributed by atoms with Gasteiger partial charge in [-0.2, -0.15) is 11.8 Å². The number of nitrogens with one attached hydrogen (secondary N) is 2. The molecule has 0 aliphatic carbocycles. The Morgan fingerprint density at radius 2 is 1.62 bits per heavy atom. The number of amides is 3. The van der Waals surface area contributed by atoms with Gasteiger partial charge < -0.3 is 25.0 Å². The lowest BCUT2D eigenvalue weighted by Crippen LogP contribution is -2.54. The Kier molecular flexibility index (Phi) is 11.3. The summed E-state index contributed by atoms with van der Waals surface area (Å²) < 4.78 is 10.6. The Labute approximate surface area is 224 Å². The van der Waals surface area contributed by atoms with Crippen molar-refractivity contribution in [2.75, 3.05) is 24.4 Å². The van der Waals surface area contributed by atoms with Gasteiger partial charge in [-0.3, -0.25) is 9.59 Å². The van der Waals surface area contributed by atoms with Gasteiger partial charge in [0.15, 0.2) is 0 Å². The summed E-state index contributed by atoms with van der Waals surface area (Å²) in [5, 5.41) is 5.67. The fourth-order valence-electron chi connectivity index (χ4n) is 3.76. The van der Waals surface area contributed by atoms with E-state index in [2.05, 4.69) is 10.6 Å². The van der Waals surface area contributed by atoms with E-state index in [0.29, 0.717) is 29.2 Å². The summed E-state index contributed by atoms with van der Waals surface area (Å²) >= 11 is 1.57. The first-order chi connectivity index (χ1) is 17.5. The number of anilines is 1. The van der Waals surface area contributed by atoms with Gasteiger partial charge in [0.1, 0.15) is 23.4 Å². The van der Waals surface area contributed by atoms with E-state index < -0.39 is 23.8 Å². The summed E-state index contributed by atoms with van der Waals surface area (Å²) in [6.45, 7) is 9.00. The van der Waals surface area contributed by atoms with Crippen LogP contribution in [0.5, 0.6) is 5.75 Å². The normalized spacial score (nSPS) is 12.9. The number of carbonyl (C=O) groups is 3. The maximum atomic E-state index is 14.0. The van der Waals surface area contributed by atoms with Crippen molar-refractivity contribution in [2.24, 2.45) is 0 Å². The van der Waals surface area contributed by atoms with E-state index in [0.717, 1.165) is 0 Å². The molecule has 3 amide bonds. The summed E-state index contributed by atoms with van der Waals surface area (Å²) in [6, 6.07) is 14.0. The van der Waals surface area contributed by atoms with E-state index in [-0.39, 0.29) is 17.9 Å².